The zero-order chi connectivity index (χ0) is 14.3. The molecule has 0 atom stereocenters. The van der Waals surface area contributed by atoms with Crippen molar-refractivity contribution in [3.05, 3.63) is 29.3 Å². The molecule has 2 amide bonds. The number of fused-ring (bicyclic) bond motifs is 1. The second-order valence-corrected chi connectivity index (χ2v) is 5.68. The Morgan fingerprint density at radius 1 is 1.20 bits per heavy atom. The molecule has 0 radical (unpaired) electrons. The van der Waals surface area contributed by atoms with Gasteiger partial charge < -0.3 is 16.4 Å². The quantitative estimate of drug-likeness (QED) is 0.840. The number of benzene rings is 1. The van der Waals surface area contributed by atoms with Crippen LogP contribution in [0.1, 0.15) is 41.6 Å². The van der Waals surface area contributed by atoms with Crippen molar-refractivity contribution in [2.75, 3.05) is 4.90 Å². The zero-order valence-electron chi connectivity index (χ0n) is 11.3. The predicted molar refractivity (Wildman–Crippen MR) is 76.4 cm³/mol. The molecular formula is C15H19N3O2. The van der Waals surface area contributed by atoms with Crippen molar-refractivity contribution < 1.29 is 9.59 Å². The molecule has 1 aliphatic carbocycles. The van der Waals surface area contributed by atoms with Crippen LogP contribution in [0.3, 0.4) is 0 Å². The molecule has 5 heteroatoms. The molecule has 0 aromatic heterocycles. The van der Waals surface area contributed by atoms with Gasteiger partial charge in [0.05, 0.1) is 6.42 Å². The molecule has 106 valence electrons. The highest BCUT2D eigenvalue weighted by molar-refractivity contribution is 6.07. The number of rotatable bonds is 2. The number of anilines is 1. The highest BCUT2D eigenvalue weighted by Crippen LogP contribution is 2.36. The van der Waals surface area contributed by atoms with Gasteiger partial charge in [-0.3, -0.25) is 9.59 Å². The maximum Gasteiger partial charge on any atom is 0.249 e. The van der Waals surface area contributed by atoms with Crippen LogP contribution in [0.2, 0.25) is 0 Å². The fraction of sp³-hybridized carbons (Fsp3) is 0.467. The van der Waals surface area contributed by atoms with Crippen molar-refractivity contribution >= 4 is 17.5 Å². The van der Waals surface area contributed by atoms with Gasteiger partial charge in [0.1, 0.15) is 0 Å². The van der Waals surface area contributed by atoms with Crippen molar-refractivity contribution in [3.8, 4) is 0 Å². The van der Waals surface area contributed by atoms with Crippen LogP contribution in [0.5, 0.6) is 0 Å². The van der Waals surface area contributed by atoms with E-state index in [1.54, 1.807) is 12.1 Å². The molecule has 1 saturated carbocycles. The zero-order valence-corrected chi connectivity index (χ0v) is 11.3. The molecule has 0 spiro atoms. The monoisotopic (exact) mass is 273 g/mol. The van der Waals surface area contributed by atoms with Crippen molar-refractivity contribution in [2.45, 2.75) is 44.2 Å². The van der Waals surface area contributed by atoms with Crippen molar-refractivity contribution in [1.82, 2.24) is 0 Å². The van der Waals surface area contributed by atoms with E-state index in [0.717, 1.165) is 36.9 Å². The first-order valence-electron chi connectivity index (χ1n) is 7.07. The van der Waals surface area contributed by atoms with Gasteiger partial charge in [-0.1, -0.05) is 6.07 Å². The van der Waals surface area contributed by atoms with Gasteiger partial charge in [0.15, 0.2) is 0 Å². The lowest BCUT2D eigenvalue weighted by Gasteiger charge is -2.33. The van der Waals surface area contributed by atoms with Crippen LogP contribution in [-0.4, -0.2) is 23.9 Å². The molecule has 3 rings (SSSR count). The Bertz CT molecular complexity index is 562. The predicted octanol–water partition coefficient (Wildman–Crippen LogP) is 0.945. The second-order valence-electron chi connectivity index (χ2n) is 5.68. The third-order valence-corrected chi connectivity index (χ3v) is 4.38. The highest BCUT2D eigenvalue weighted by Gasteiger charge is 2.36. The minimum atomic E-state index is -0.470. The molecule has 5 nitrogen and oxygen atoms in total. The van der Waals surface area contributed by atoms with Gasteiger partial charge in [-0.25, -0.2) is 0 Å². The summed E-state index contributed by atoms with van der Waals surface area (Å²) < 4.78 is 0. The van der Waals surface area contributed by atoms with E-state index in [2.05, 4.69) is 0 Å². The van der Waals surface area contributed by atoms with Crippen LogP contribution in [0.4, 0.5) is 5.69 Å². The summed E-state index contributed by atoms with van der Waals surface area (Å²) in [7, 11) is 0. The van der Waals surface area contributed by atoms with Gasteiger partial charge in [0, 0.05) is 23.3 Å². The Morgan fingerprint density at radius 3 is 2.55 bits per heavy atom. The maximum atomic E-state index is 12.3. The number of hydrogen-bond donors (Lipinski definition) is 2. The lowest BCUT2D eigenvalue weighted by Crippen LogP contribution is -2.42. The standard InChI is InChI=1S/C15H19N3O2/c16-9-4-6-10(7-5-9)18-13-3-1-2-11(15(17)20)12(13)8-14(18)19/h1-3,9-10H,4-8,16H2,(H2,17,20). The number of carbonyl (C=O) groups excluding carboxylic acids is 2. The average molecular weight is 273 g/mol. The molecule has 4 N–H and O–H groups in total. The summed E-state index contributed by atoms with van der Waals surface area (Å²) in [6.07, 6.45) is 4.01. The summed E-state index contributed by atoms with van der Waals surface area (Å²) in [5.41, 5.74) is 13.4. The molecule has 0 bridgehead atoms. The lowest BCUT2D eigenvalue weighted by atomic mass is 9.90. The Balaban J connectivity index is 1.94. The highest BCUT2D eigenvalue weighted by atomic mass is 16.2. The number of nitrogens with two attached hydrogens (primary N) is 2. The molecule has 1 aliphatic heterocycles. The van der Waals surface area contributed by atoms with Crippen molar-refractivity contribution in [3.63, 3.8) is 0 Å². The molecule has 2 aliphatic rings. The first kappa shape index (κ1) is 13.1. The summed E-state index contributed by atoms with van der Waals surface area (Å²) >= 11 is 0. The fourth-order valence-corrected chi connectivity index (χ4v) is 3.35. The van der Waals surface area contributed by atoms with E-state index in [9.17, 15) is 9.59 Å². The van der Waals surface area contributed by atoms with Gasteiger partial charge in [0.25, 0.3) is 0 Å². The van der Waals surface area contributed by atoms with Crippen LogP contribution < -0.4 is 16.4 Å². The first-order chi connectivity index (χ1) is 9.58. The largest absolute Gasteiger partial charge is 0.366 e. The minimum absolute atomic E-state index is 0.0640. The number of carbonyl (C=O) groups is 2. The van der Waals surface area contributed by atoms with E-state index in [0.29, 0.717) is 5.56 Å². The third kappa shape index (κ3) is 2.08. The number of hydrogen-bond acceptors (Lipinski definition) is 3. The van der Waals surface area contributed by atoms with Crippen LogP contribution in [0, 0.1) is 0 Å². The van der Waals surface area contributed by atoms with E-state index in [1.807, 2.05) is 11.0 Å². The Morgan fingerprint density at radius 2 is 1.90 bits per heavy atom. The van der Waals surface area contributed by atoms with Gasteiger partial charge in [-0.05, 0) is 43.4 Å². The molecule has 1 aromatic carbocycles. The molecular weight excluding hydrogens is 254 g/mol. The smallest absolute Gasteiger partial charge is 0.249 e. The Hall–Kier alpha value is -1.88. The van der Waals surface area contributed by atoms with E-state index < -0.39 is 5.91 Å². The summed E-state index contributed by atoms with van der Waals surface area (Å²) in [5.74, 6) is -0.406. The van der Waals surface area contributed by atoms with E-state index in [-0.39, 0.29) is 24.4 Å². The van der Waals surface area contributed by atoms with Crippen molar-refractivity contribution in [1.29, 1.82) is 0 Å². The summed E-state index contributed by atoms with van der Waals surface area (Å²) in [4.78, 5) is 25.7. The number of amides is 2. The maximum absolute atomic E-state index is 12.3. The molecule has 20 heavy (non-hydrogen) atoms. The van der Waals surface area contributed by atoms with Gasteiger partial charge in [-0.2, -0.15) is 0 Å². The van der Waals surface area contributed by atoms with Gasteiger partial charge in [-0.15, -0.1) is 0 Å². The second kappa shape index (κ2) is 4.90. The fourth-order valence-electron chi connectivity index (χ4n) is 3.35. The van der Waals surface area contributed by atoms with Crippen molar-refractivity contribution in [2.24, 2.45) is 11.5 Å². The SMILES string of the molecule is NC(=O)c1cccc2c1CC(=O)N2C1CCC(N)CC1. The van der Waals surface area contributed by atoms with E-state index >= 15 is 0 Å². The van der Waals surface area contributed by atoms with Crippen LogP contribution in [-0.2, 0) is 11.2 Å². The number of nitrogens with zero attached hydrogens (tertiary/aromatic N) is 1. The van der Waals surface area contributed by atoms with E-state index in [4.69, 9.17) is 11.5 Å². The van der Waals surface area contributed by atoms with Crippen LogP contribution in [0.25, 0.3) is 0 Å². The van der Waals surface area contributed by atoms with Gasteiger partial charge >= 0.3 is 0 Å². The van der Waals surface area contributed by atoms with E-state index in [1.165, 1.54) is 0 Å². The van der Waals surface area contributed by atoms with Gasteiger partial charge in [0.2, 0.25) is 11.8 Å². The molecule has 0 unspecified atom stereocenters. The normalized spacial score (nSPS) is 25.6. The molecule has 0 saturated heterocycles. The topological polar surface area (TPSA) is 89.4 Å². The Kier molecular flexibility index (Phi) is 3.22. The summed E-state index contributed by atoms with van der Waals surface area (Å²) in [6.45, 7) is 0. The summed E-state index contributed by atoms with van der Waals surface area (Å²) in [6, 6.07) is 5.83. The third-order valence-electron chi connectivity index (χ3n) is 4.38. The first-order valence-corrected chi connectivity index (χ1v) is 7.07. The average Bonchev–Trinajstić information content (AvgIpc) is 2.75. The molecule has 1 aromatic rings. The Labute approximate surface area is 117 Å². The molecule has 1 heterocycles. The molecule has 1 fully saturated rings. The number of primary amides is 1. The van der Waals surface area contributed by atoms with Crippen LogP contribution >= 0.6 is 0 Å². The minimum Gasteiger partial charge on any atom is -0.366 e. The van der Waals surface area contributed by atoms with Crippen LogP contribution in [0.15, 0.2) is 18.2 Å². The summed E-state index contributed by atoms with van der Waals surface area (Å²) in [5, 5.41) is 0. The lowest BCUT2D eigenvalue weighted by molar-refractivity contribution is -0.118.